The van der Waals surface area contributed by atoms with Crippen molar-refractivity contribution in [1.29, 1.82) is 0 Å². The minimum atomic E-state index is 0.455. The summed E-state index contributed by atoms with van der Waals surface area (Å²) in [5, 5.41) is 0. The fourth-order valence-electron chi connectivity index (χ4n) is 3.53. The lowest BCUT2D eigenvalue weighted by molar-refractivity contribution is -0.0588. The molecule has 0 spiro atoms. The Bertz CT molecular complexity index is 464. The van der Waals surface area contributed by atoms with Crippen LogP contribution in [-0.4, -0.2) is 37.3 Å². The van der Waals surface area contributed by atoms with E-state index in [1.807, 2.05) is 6.07 Å². The molecular formula is C16H24N2O2. The summed E-state index contributed by atoms with van der Waals surface area (Å²) < 4.78 is 11.2. The van der Waals surface area contributed by atoms with Crippen LogP contribution >= 0.6 is 0 Å². The van der Waals surface area contributed by atoms with Gasteiger partial charge < -0.3 is 15.2 Å². The summed E-state index contributed by atoms with van der Waals surface area (Å²) in [6.07, 6.45) is 4.24. The minimum Gasteiger partial charge on any atom is -0.496 e. The molecule has 1 aliphatic carbocycles. The van der Waals surface area contributed by atoms with Crippen LogP contribution in [-0.2, 0) is 17.8 Å². The highest BCUT2D eigenvalue weighted by atomic mass is 16.5. The van der Waals surface area contributed by atoms with E-state index in [-0.39, 0.29) is 0 Å². The van der Waals surface area contributed by atoms with E-state index >= 15 is 0 Å². The van der Waals surface area contributed by atoms with Crippen LogP contribution in [0.3, 0.4) is 0 Å². The van der Waals surface area contributed by atoms with Gasteiger partial charge in [0.15, 0.2) is 0 Å². The van der Waals surface area contributed by atoms with Crippen LogP contribution in [0.5, 0.6) is 5.75 Å². The predicted molar refractivity (Wildman–Crippen MR) is 78.7 cm³/mol. The van der Waals surface area contributed by atoms with Gasteiger partial charge in [-0.3, -0.25) is 4.90 Å². The highest BCUT2D eigenvalue weighted by Gasteiger charge is 2.35. The summed E-state index contributed by atoms with van der Waals surface area (Å²) in [5.41, 5.74) is 8.20. The summed E-state index contributed by atoms with van der Waals surface area (Å²) in [5.74, 6) is 0.886. The molecular weight excluding hydrogens is 252 g/mol. The predicted octanol–water partition coefficient (Wildman–Crippen LogP) is 1.91. The van der Waals surface area contributed by atoms with E-state index in [0.29, 0.717) is 18.7 Å². The third kappa shape index (κ3) is 2.68. The van der Waals surface area contributed by atoms with Crippen molar-refractivity contribution in [2.45, 2.75) is 44.5 Å². The van der Waals surface area contributed by atoms with Gasteiger partial charge in [-0.1, -0.05) is 6.07 Å². The molecule has 1 aromatic carbocycles. The number of fused-ring (bicyclic) bond motifs is 1. The molecule has 0 aromatic heterocycles. The molecule has 2 atom stereocenters. The van der Waals surface area contributed by atoms with Crippen LogP contribution < -0.4 is 10.5 Å². The monoisotopic (exact) mass is 276 g/mol. The highest BCUT2D eigenvalue weighted by molar-refractivity contribution is 5.37. The van der Waals surface area contributed by atoms with Crippen molar-refractivity contribution >= 4 is 0 Å². The molecule has 1 heterocycles. The number of nitrogens with two attached hydrogens (primary N) is 1. The summed E-state index contributed by atoms with van der Waals surface area (Å²) in [4.78, 5) is 2.57. The molecule has 4 heteroatoms. The molecule has 20 heavy (non-hydrogen) atoms. The average molecular weight is 276 g/mol. The molecule has 0 bridgehead atoms. The Morgan fingerprint density at radius 3 is 3.10 bits per heavy atom. The molecule has 2 unspecified atom stereocenters. The molecule has 0 radical (unpaired) electrons. The third-order valence-electron chi connectivity index (χ3n) is 4.55. The molecule has 0 amide bonds. The Labute approximate surface area is 120 Å². The maximum atomic E-state index is 5.87. The zero-order valence-electron chi connectivity index (χ0n) is 12.2. The molecule has 110 valence electrons. The molecule has 4 nitrogen and oxygen atoms in total. The topological polar surface area (TPSA) is 47.7 Å². The summed E-state index contributed by atoms with van der Waals surface area (Å²) in [7, 11) is 1.69. The van der Waals surface area contributed by atoms with Gasteiger partial charge in [-0.15, -0.1) is 0 Å². The van der Waals surface area contributed by atoms with E-state index in [9.17, 15) is 0 Å². The first-order valence-corrected chi connectivity index (χ1v) is 7.53. The van der Waals surface area contributed by atoms with Crippen LogP contribution in [0.25, 0.3) is 0 Å². The van der Waals surface area contributed by atoms with Crippen molar-refractivity contribution in [1.82, 2.24) is 4.90 Å². The van der Waals surface area contributed by atoms with E-state index in [2.05, 4.69) is 17.0 Å². The number of ether oxygens (including phenoxy) is 2. The van der Waals surface area contributed by atoms with Crippen molar-refractivity contribution in [3.63, 3.8) is 0 Å². The minimum absolute atomic E-state index is 0.455. The van der Waals surface area contributed by atoms with Gasteiger partial charge in [0, 0.05) is 31.2 Å². The smallest absolute Gasteiger partial charge is 0.123 e. The number of hydrogen-bond acceptors (Lipinski definition) is 4. The van der Waals surface area contributed by atoms with Crippen molar-refractivity contribution < 1.29 is 9.47 Å². The molecule has 3 rings (SSSR count). The maximum Gasteiger partial charge on any atom is 0.123 e. The van der Waals surface area contributed by atoms with Gasteiger partial charge in [0.2, 0.25) is 0 Å². The number of hydrogen-bond donors (Lipinski definition) is 1. The Balaban J connectivity index is 1.73. The van der Waals surface area contributed by atoms with E-state index < -0.39 is 0 Å². The van der Waals surface area contributed by atoms with E-state index in [1.54, 1.807) is 7.11 Å². The molecule has 2 fully saturated rings. The lowest BCUT2D eigenvalue weighted by Gasteiger charge is -2.37. The number of benzene rings is 1. The van der Waals surface area contributed by atoms with E-state index in [1.165, 1.54) is 24.8 Å². The Hall–Kier alpha value is -1.10. The first kappa shape index (κ1) is 13.9. The number of rotatable bonds is 4. The summed E-state index contributed by atoms with van der Waals surface area (Å²) in [6, 6.07) is 6.96. The first-order valence-electron chi connectivity index (χ1n) is 7.53. The van der Waals surface area contributed by atoms with Crippen LogP contribution in [0, 0.1) is 0 Å². The SMILES string of the molecule is COc1ccc(CN2CCOC3CCCC32)cc1CN. The number of nitrogens with zero attached hydrogens (tertiary/aromatic N) is 1. The summed E-state index contributed by atoms with van der Waals surface area (Å²) >= 11 is 0. The fraction of sp³-hybridized carbons (Fsp3) is 0.625. The van der Waals surface area contributed by atoms with Crippen LogP contribution in [0.2, 0.25) is 0 Å². The molecule has 2 N–H and O–H groups in total. The average Bonchev–Trinajstić information content (AvgIpc) is 2.96. The zero-order chi connectivity index (χ0) is 13.9. The van der Waals surface area contributed by atoms with Crippen molar-refractivity contribution in [3.8, 4) is 5.75 Å². The normalized spacial score (nSPS) is 26.5. The third-order valence-corrected chi connectivity index (χ3v) is 4.55. The second-order valence-corrected chi connectivity index (χ2v) is 5.73. The van der Waals surface area contributed by atoms with Crippen molar-refractivity contribution in [3.05, 3.63) is 29.3 Å². The van der Waals surface area contributed by atoms with Gasteiger partial charge in [0.1, 0.15) is 5.75 Å². The van der Waals surface area contributed by atoms with Gasteiger partial charge in [0.25, 0.3) is 0 Å². The van der Waals surface area contributed by atoms with Gasteiger partial charge in [-0.25, -0.2) is 0 Å². The zero-order valence-corrected chi connectivity index (χ0v) is 12.2. The largest absolute Gasteiger partial charge is 0.496 e. The van der Waals surface area contributed by atoms with E-state index in [0.717, 1.165) is 31.0 Å². The second-order valence-electron chi connectivity index (χ2n) is 5.73. The van der Waals surface area contributed by atoms with Crippen LogP contribution in [0.4, 0.5) is 0 Å². The van der Waals surface area contributed by atoms with Gasteiger partial charge in [-0.05, 0) is 37.0 Å². The van der Waals surface area contributed by atoms with Gasteiger partial charge in [-0.2, -0.15) is 0 Å². The van der Waals surface area contributed by atoms with Crippen molar-refractivity contribution in [2.75, 3.05) is 20.3 Å². The Morgan fingerprint density at radius 1 is 1.40 bits per heavy atom. The highest BCUT2D eigenvalue weighted by Crippen LogP contribution is 2.31. The lowest BCUT2D eigenvalue weighted by atomic mass is 10.1. The first-order chi connectivity index (χ1) is 9.81. The molecule has 1 aromatic rings. The molecule has 1 saturated heterocycles. The Kier molecular flexibility index (Phi) is 4.24. The lowest BCUT2D eigenvalue weighted by Crippen LogP contribution is -2.47. The second kappa shape index (κ2) is 6.12. The maximum absolute atomic E-state index is 5.87. The fourth-order valence-corrected chi connectivity index (χ4v) is 3.53. The van der Waals surface area contributed by atoms with Crippen molar-refractivity contribution in [2.24, 2.45) is 5.73 Å². The number of morpholine rings is 1. The molecule has 1 saturated carbocycles. The molecule has 2 aliphatic rings. The number of methoxy groups -OCH3 is 1. The quantitative estimate of drug-likeness (QED) is 0.912. The standard InChI is InChI=1S/C16H24N2O2/c1-19-15-6-5-12(9-13(15)10-17)11-18-7-8-20-16-4-2-3-14(16)18/h5-6,9,14,16H,2-4,7-8,10-11,17H2,1H3. The Morgan fingerprint density at radius 2 is 2.30 bits per heavy atom. The van der Waals surface area contributed by atoms with Gasteiger partial charge in [0.05, 0.1) is 19.8 Å². The van der Waals surface area contributed by atoms with Gasteiger partial charge >= 0.3 is 0 Å². The molecule has 1 aliphatic heterocycles. The van der Waals surface area contributed by atoms with Crippen LogP contribution in [0.1, 0.15) is 30.4 Å². The van der Waals surface area contributed by atoms with Crippen LogP contribution in [0.15, 0.2) is 18.2 Å². The van der Waals surface area contributed by atoms with E-state index in [4.69, 9.17) is 15.2 Å². The summed E-state index contributed by atoms with van der Waals surface area (Å²) in [6.45, 7) is 3.40.